The normalized spacial score (nSPS) is 20.6. The van der Waals surface area contributed by atoms with Gasteiger partial charge in [-0.2, -0.15) is 0 Å². The van der Waals surface area contributed by atoms with Crippen LogP contribution in [0.2, 0.25) is 0 Å². The quantitative estimate of drug-likeness (QED) is 0.896. The molecule has 0 saturated carbocycles. The van der Waals surface area contributed by atoms with Crippen molar-refractivity contribution in [3.8, 4) is 0 Å². The molecular weight excluding hydrogens is 224 g/mol. The first-order valence-electron chi connectivity index (χ1n) is 6.56. The minimum Gasteiger partial charge on any atom is -0.395 e. The van der Waals surface area contributed by atoms with Crippen LogP contribution in [0.5, 0.6) is 0 Å². The highest BCUT2D eigenvalue weighted by Gasteiger charge is 2.23. The first-order valence-corrected chi connectivity index (χ1v) is 6.56. The number of fused-ring (bicyclic) bond motifs is 1. The van der Waals surface area contributed by atoms with E-state index in [-0.39, 0.29) is 6.61 Å². The predicted octanol–water partition coefficient (Wildman–Crippen LogP) is 2.19. The molecule has 1 fully saturated rings. The van der Waals surface area contributed by atoms with Gasteiger partial charge in [0.1, 0.15) is 0 Å². The summed E-state index contributed by atoms with van der Waals surface area (Å²) in [5.74, 6) is 0. The number of aromatic nitrogens is 1. The van der Waals surface area contributed by atoms with Crippen LogP contribution in [0.3, 0.4) is 0 Å². The molecular formula is C15H18N2O. The first-order chi connectivity index (χ1) is 8.88. The van der Waals surface area contributed by atoms with Gasteiger partial charge in [0.15, 0.2) is 0 Å². The van der Waals surface area contributed by atoms with E-state index >= 15 is 0 Å². The zero-order valence-corrected chi connectivity index (χ0v) is 10.4. The number of aliphatic hydroxyl groups is 1. The van der Waals surface area contributed by atoms with Crippen LogP contribution in [0.15, 0.2) is 36.5 Å². The van der Waals surface area contributed by atoms with E-state index in [2.05, 4.69) is 28.1 Å². The van der Waals surface area contributed by atoms with E-state index in [1.807, 2.05) is 18.3 Å². The van der Waals surface area contributed by atoms with E-state index in [4.69, 9.17) is 0 Å². The zero-order chi connectivity index (χ0) is 12.4. The van der Waals surface area contributed by atoms with Crippen molar-refractivity contribution in [2.45, 2.75) is 25.4 Å². The fraction of sp³-hybridized carbons (Fsp3) is 0.400. The molecule has 0 bridgehead atoms. The van der Waals surface area contributed by atoms with Gasteiger partial charge in [0.05, 0.1) is 12.1 Å². The van der Waals surface area contributed by atoms with Gasteiger partial charge in [0.25, 0.3) is 0 Å². The van der Waals surface area contributed by atoms with E-state index in [1.54, 1.807) is 0 Å². The molecule has 94 valence electrons. The molecule has 3 rings (SSSR count). The monoisotopic (exact) mass is 242 g/mol. The Labute approximate surface area is 107 Å². The Hall–Kier alpha value is -1.45. The molecule has 1 saturated heterocycles. The summed E-state index contributed by atoms with van der Waals surface area (Å²) < 4.78 is 0. The number of nitrogens with zero attached hydrogens (tertiary/aromatic N) is 2. The lowest BCUT2D eigenvalue weighted by Crippen LogP contribution is -2.31. The van der Waals surface area contributed by atoms with Gasteiger partial charge in [-0.05, 0) is 37.1 Å². The third kappa shape index (κ3) is 2.11. The van der Waals surface area contributed by atoms with E-state index < -0.39 is 0 Å². The van der Waals surface area contributed by atoms with E-state index in [0.29, 0.717) is 6.04 Å². The minimum atomic E-state index is 0.267. The fourth-order valence-electron chi connectivity index (χ4n) is 2.82. The SMILES string of the molecule is OC[C@H]1CCCN1Cc1ccnc2ccccc12. The van der Waals surface area contributed by atoms with Crippen LogP contribution in [0.4, 0.5) is 0 Å². The van der Waals surface area contributed by atoms with Crippen molar-refractivity contribution in [1.29, 1.82) is 0 Å². The number of hydrogen-bond donors (Lipinski definition) is 1. The molecule has 1 atom stereocenters. The molecule has 0 unspecified atom stereocenters. The summed E-state index contributed by atoms with van der Waals surface area (Å²) in [6, 6.07) is 10.7. The number of likely N-dealkylation sites (tertiary alicyclic amines) is 1. The highest BCUT2D eigenvalue weighted by atomic mass is 16.3. The standard InChI is InChI=1S/C15H18N2O/c18-11-13-4-3-9-17(13)10-12-7-8-16-15-6-2-1-5-14(12)15/h1-2,5-8,13,18H,3-4,9-11H2/t13-/m1/s1. The lowest BCUT2D eigenvalue weighted by molar-refractivity contribution is 0.154. The molecule has 3 heteroatoms. The van der Waals surface area contributed by atoms with Gasteiger partial charge in [-0.1, -0.05) is 18.2 Å². The van der Waals surface area contributed by atoms with Gasteiger partial charge in [-0.3, -0.25) is 9.88 Å². The van der Waals surface area contributed by atoms with Crippen molar-refractivity contribution in [3.63, 3.8) is 0 Å². The molecule has 0 amide bonds. The minimum absolute atomic E-state index is 0.267. The van der Waals surface area contributed by atoms with Crippen LogP contribution in [-0.4, -0.2) is 34.2 Å². The molecule has 0 aliphatic carbocycles. The molecule has 0 spiro atoms. The van der Waals surface area contributed by atoms with Crippen molar-refractivity contribution in [3.05, 3.63) is 42.1 Å². The third-order valence-electron chi connectivity index (χ3n) is 3.82. The Balaban J connectivity index is 1.90. The average molecular weight is 242 g/mol. The maximum Gasteiger partial charge on any atom is 0.0705 e. The van der Waals surface area contributed by atoms with Crippen molar-refractivity contribution in [1.82, 2.24) is 9.88 Å². The van der Waals surface area contributed by atoms with Crippen molar-refractivity contribution < 1.29 is 5.11 Å². The molecule has 18 heavy (non-hydrogen) atoms. The Kier molecular flexibility index (Phi) is 3.26. The average Bonchev–Trinajstić information content (AvgIpc) is 2.86. The van der Waals surface area contributed by atoms with Crippen LogP contribution in [-0.2, 0) is 6.54 Å². The summed E-state index contributed by atoms with van der Waals surface area (Å²) in [7, 11) is 0. The maximum atomic E-state index is 9.37. The van der Waals surface area contributed by atoms with E-state index in [0.717, 1.165) is 25.0 Å². The fourth-order valence-corrected chi connectivity index (χ4v) is 2.82. The van der Waals surface area contributed by atoms with Crippen molar-refractivity contribution in [2.75, 3.05) is 13.2 Å². The Bertz CT molecular complexity index is 536. The molecule has 3 nitrogen and oxygen atoms in total. The Morgan fingerprint density at radius 1 is 1.28 bits per heavy atom. The highest BCUT2D eigenvalue weighted by molar-refractivity contribution is 5.81. The second-order valence-corrected chi connectivity index (χ2v) is 4.94. The number of para-hydroxylation sites is 1. The topological polar surface area (TPSA) is 36.4 Å². The highest BCUT2D eigenvalue weighted by Crippen LogP contribution is 2.23. The lowest BCUT2D eigenvalue weighted by atomic mass is 10.1. The van der Waals surface area contributed by atoms with E-state index in [9.17, 15) is 5.11 Å². The number of hydrogen-bond acceptors (Lipinski definition) is 3. The van der Waals surface area contributed by atoms with E-state index in [1.165, 1.54) is 17.4 Å². The second kappa shape index (κ2) is 5.04. The molecule has 0 radical (unpaired) electrons. The van der Waals surface area contributed by atoms with Gasteiger partial charge >= 0.3 is 0 Å². The zero-order valence-electron chi connectivity index (χ0n) is 10.4. The van der Waals surface area contributed by atoms with Gasteiger partial charge in [-0.25, -0.2) is 0 Å². The van der Waals surface area contributed by atoms with Crippen molar-refractivity contribution >= 4 is 10.9 Å². The molecule has 1 N–H and O–H groups in total. The summed E-state index contributed by atoms with van der Waals surface area (Å²) in [6.45, 7) is 2.26. The first kappa shape index (κ1) is 11.6. The molecule has 1 aliphatic rings. The molecule has 2 aromatic rings. The molecule has 1 aromatic heterocycles. The Morgan fingerprint density at radius 3 is 3.06 bits per heavy atom. The molecule has 1 aromatic carbocycles. The summed E-state index contributed by atoms with van der Waals surface area (Å²) >= 11 is 0. The number of pyridine rings is 1. The summed E-state index contributed by atoms with van der Waals surface area (Å²) in [5.41, 5.74) is 2.36. The van der Waals surface area contributed by atoms with Crippen LogP contribution >= 0.6 is 0 Å². The van der Waals surface area contributed by atoms with Gasteiger partial charge in [-0.15, -0.1) is 0 Å². The molecule has 1 aliphatic heterocycles. The van der Waals surface area contributed by atoms with Gasteiger partial charge in [0.2, 0.25) is 0 Å². The van der Waals surface area contributed by atoms with Gasteiger partial charge in [0, 0.05) is 24.2 Å². The second-order valence-electron chi connectivity index (χ2n) is 4.94. The van der Waals surface area contributed by atoms with Crippen LogP contribution in [0, 0.1) is 0 Å². The van der Waals surface area contributed by atoms with Crippen molar-refractivity contribution in [2.24, 2.45) is 0 Å². The maximum absolute atomic E-state index is 9.37. The number of rotatable bonds is 3. The van der Waals surface area contributed by atoms with Gasteiger partial charge < -0.3 is 5.11 Å². The lowest BCUT2D eigenvalue weighted by Gasteiger charge is -2.23. The summed E-state index contributed by atoms with van der Waals surface area (Å²) in [5, 5.41) is 10.6. The predicted molar refractivity (Wildman–Crippen MR) is 72.3 cm³/mol. The number of aliphatic hydroxyl groups excluding tert-OH is 1. The Morgan fingerprint density at radius 2 is 2.17 bits per heavy atom. The largest absolute Gasteiger partial charge is 0.395 e. The third-order valence-corrected chi connectivity index (χ3v) is 3.82. The summed E-state index contributed by atoms with van der Waals surface area (Å²) in [4.78, 5) is 6.76. The van der Waals surface area contributed by atoms with Crippen LogP contribution < -0.4 is 0 Å². The number of benzene rings is 1. The van der Waals surface area contributed by atoms with Crippen LogP contribution in [0.25, 0.3) is 10.9 Å². The van der Waals surface area contributed by atoms with Crippen LogP contribution in [0.1, 0.15) is 18.4 Å². The summed E-state index contributed by atoms with van der Waals surface area (Å²) in [6.07, 6.45) is 4.18. The molecule has 2 heterocycles. The smallest absolute Gasteiger partial charge is 0.0705 e.